The van der Waals surface area contributed by atoms with Gasteiger partial charge in [0.1, 0.15) is 36.9 Å². The standard InChI is InChI=1S/C13H13F2N3O3/c14-9-1-2-11(12(15)3-9)13(6-18-8-16-7-17-18)20-5-10(4-19)21-13/h1-3,7-8,10,19H,4-6H2/t10?,13-/m1/s1. The van der Waals surface area contributed by atoms with Crippen LogP contribution in [0.1, 0.15) is 5.56 Å². The van der Waals surface area contributed by atoms with Crippen molar-refractivity contribution in [3.63, 3.8) is 0 Å². The van der Waals surface area contributed by atoms with Gasteiger partial charge in [-0.2, -0.15) is 5.10 Å². The van der Waals surface area contributed by atoms with Crippen LogP contribution >= 0.6 is 0 Å². The summed E-state index contributed by atoms with van der Waals surface area (Å²) in [7, 11) is 0. The number of benzene rings is 1. The van der Waals surface area contributed by atoms with Crippen molar-refractivity contribution in [1.29, 1.82) is 0 Å². The molecule has 1 saturated heterocycles. The van der Waals surface area contributed by atoms with Crippen LogP contribution in [0.3, 0.4) is 0 Å². The summed E-state index contributed by atoms with van der Waals surface area (Å²) in [4.78, 5) is 3.80. The Balaban J connectivity index is 1.99. The molecule has 1 aliphatic rings. The minimum absolute atomic E-state index is 0.0338. The van der Waals surface area contributed by atoms with Gasteiger partial charge in [-0.15, -0.1) is 0 Å². The molecule has 112 valence electrons. The van der Waals surface area contributed by atoms with Gasteiger partial charge in [-0.25, -0.2) is 18.4 Å². The van der Waals surface area contributed by atoms with Crippen LogP contribution in [0.4, 0.5) is 8.78 Å². The molecular weight excluding hydrogens is 284 g/mol. The molecule has 6 nitrogen and oxygen atoms in total. The van der Waals surface area contributed by atoms with E-state index in [4.69, 9.17) is 9.47 Å². The van der Waals surface area contributed by atoms with E-state index in [1.54, 1.807) is 0 Å². The van der Waals surface area contributed by atoms with Gasteiger partial charge in [0.15, 0.2) is 0 Å². The van der Waals surface area contributed by atoms with Crippen LogP contribution in [0.25, 0.3) is 0 Å². The highest BCUT2D eigenvalue weighted by Gasteiger charge is 2.45. The summed E-state index contributed by atoms with van der Waals surface area (Å²) in [5, 5.41) is 13.1. The molecule has 8 heteroatoms. The van der Waals surface area contributed by atoms with Crippen LogP contribution in [0, 0.1) is 11.6 Å². The number of hydrogen-bond acceptors (Lipinski definition) is 5. The van der Waals surface area contributed by atoms with Gasteiger partial charge >= 0.3 is 0 Å². The summed E-state index contributed by atoms with van der Waals surface area (Å²) >= 11 is 0. The van der Waals surface area contributed by atoms with E-state index in [0.717, 1.165) is 12.1 Å². The maximum Gasteiger partial charge on any atom is 0.218 e. The number of rotatable bonds is 4. The van der Waals surface area contributed by atoms with Crippen LogP contribution in [0.5, 0.6) is 0 Å². The summed E-state index contributed by atoms with van der Waals surface area (Å²) in [6, 6.07) is 3.15. The monoisotopic (exact) mass is 297 g/mol. The maximum atomic E-state index is 14.1. The number of aromatic nitrogens is 3. The lowest BCUT2D eigenvalue weighted by Crippen LogP contribution is -2.35. The maximum absolute atomic E-state index is 14.1. The quantitative estimate of drug-likeness (QED) is 0.904. The minimum Gasteiger partial charge on any atom is -0.394 e. The van der Waals surface area contributed by atoms with Crippen LogP contribution in [-0.2, 0) is 21.8 Å². The molecule has 0 aliphatic carbocycles. The molecule has 0 saturated carbocycles. The summed E-state index contributed by atoms with van der Waals surface area (Å²) in [5.74, 6) is -2.95. The van der Waals surface area contributed by atoms with Gasteiger partial charge in [-0.05, 0) is 12.1 Å². The Bertz CT molecular complexity index is 623. The first-order valence-electron chi connectivity index (χ1n) is 6.33. The Hall–Kier alpha value is -1.90. The number of nitrogens with zero attached hydrogens (tertiary/aromatic N) is 3. The van der Waals surface area contributed by atoms with E-state index >= 15 is 0 Å². The molecule has 2 atom stereocenters. The van der Waals surface area contributed by atoms with E-state index in [2.05, 4.69) is 10.1 Å². The summed E-state index contributed by atoms with van der Waals surface area (Å²) in [6.45, 7) is -0.129. The normalized spacial score (nSPS) is 25.4. The second-order valence-corrected chi connectivity index (χ2v) is 4.70. The second-order valence-electron chi connectivity index (χ2n) is 4.70. The molecule has 1 N–H and O–H groups in total. The van der Waals surface area contributed by atoms with Gasteiger partial charge < -0.3 is 14.6 Å². The van der Waals surface area contributed by atoms with Crippen molar-refractivity contribution >= 4 is 0 Å². The predicted octanol–water partition coefficient (Wildman–Crippen LogP) is 0.817. The average molecular weight is 297 g/mol. The summed E-state index contributed by atoms with van der Waals surface area (Å²) in [6.07, 6.45) is 2.17. The van der Waals surface area contributed by atoms with Gasteiger partial charge in [0.05, 0.1) is 13.2 Å². The second kappa shape index (κ2) is 5.47. The zero-order chi connectivity index (χ0) is 14.9. The largest absolute Gasteiger partial charge is 0.394 e. The predicted molar refractivity (Wildman–Crippen MR) is 66.0 cm³/mol. The van der Waals surface area contributed by atoms with Gasteiger partial charge in [0.2, 0.25) is 5.79 Å². The highest BCUT2D eigenvalue weighted by molar-refractivity contribution is 5.24. The van der Waals surface area contributed by atoms with Crippen LogP contribution < -0.4 is 0 Å². The third kappa shape index (κ3) is 2.65. The summed E-state index contributed by atoms with van der Waals surface area (Å²) in [5.41, 5.74) is 0.0513. The van der Waals surface area contributed by atoms with Crippen molar-refractivity contribution in [2.75, 3.05) is 13.2 Å². The molecule has 1 fully saturated rings. The van der Waals surface area contributed by atoms with Crippen LogP contribution in [0.2, 0.25) is 0 Å². The zero-order valence-electron chi connectivity index (χ0n) is 10.9. The van der Waals surface area contributed by atoms with E-state index in [0.29, 0.717) is 0 Å². The fourth-order valence-corrected chi connectivity index (χ4v) is 2.29. The molecule has 3 rings (SSSR count). The smallest absolute Gasteiger partial charge is 0.218 e. The van der Waals surface area contributed by atoms with Crippen molar-refractivity contribution in [1.82, 2.24) is 14.8 Å². The molecule has 2 aromatic rings. The van der Waals surface area contributed by atoms with E-state index in [-0.39, 0.29) is 25.3 Å². The number of aliphatic hydroxyl groups excluding tert-OH is 1. The first-order valence-corrected chi connectivity index (χ1v) is 6.33. The minimum atomic E-state index is -1.47. The lowest BCUT2D eigenvalue weighted by atomic mass is 10.0. The molecule has 21 heavy (non-hydrogen) atoms. The van der Waals surface area contributed by atoms with E-state index in [9.17, 15) is 13.9 Å². The van der Waals surface area contributed by atoms with Crippen molar-refractivity contribution in [2.45, 2.75) is 18.4 Å². The summed E-state index contributed by atoms with van der Waals surface area (Å²) < 4.78 is 39.9. The molecule has 1 aromatic heterocycles. The molecule has 1 unspecified atom stereocenters. The first-order chi connectivity index (χ1) is 10.1. The van der Waals surface area contributed by atoms with E-state index in [1.807, 2.05) is 0 Å². The number of hydrogen-bond donors (Lipinski definition) is 1. The molecule has 1 aliphatic heterocycles. The Morgan fingerprint density at radius 3 is 2.90 bits per heavy atom. The zero-order valence-corrected chi connectivity index (χ0v) is 10.9. The van der Waals surface area contributed by atoms with Gasteiger partial charge in [-0.3, -0.25) is 0 Å². The molecule has 0 bridgehead atoms. The fraction of sp³-hybridized carbons (Fsp3) is 0.385. The average Bonchev–Trinajstić information content (AvgIpc) is 3.09. The fourth-order valence-electron chi connectivity index (χ4n) is 2.29. The molecule has 1 aromatic carbocycles. The topological polar surface area (TPSA) is 69.4 Å². The number of halogens is 2. The Kier molecular flexibility index (Phi) is 3.66. The van der Waals surface area contributed by atoms with Gasteiger partial charge in [0.25, 0.3) is 0 Å². The van der Waals surface area contributed by atoms with Crippen LogP contribution in [-0.4, -0.2) is 39.2 Å². The Morgan fingerprint density at radius 1 is 1.43 bits per heavy atom. The highest BCUT2D eigenvalue weighted by Crippen LogP contribution is 2.37. The first kappa shape index (κ1) is 14.1. The SMILES string of the molecule is OCC1CO[C@@](Cn2cncn2)(c2ccc(F)cc2F)O1. The molecular formula is C13H13F2N3O3. The Labute approximate surface area is 118 Å². The number of ether oxygens (including phenoxy) is 2. The van der Waals surface area contributed by atoms with E-state index in [1.165, 1.54) is 23.4 Å². The van der Waals surface area contributed by atoms with Crippen LogP contribution in [0.15, 0.2) is 30.9 Å². The van der Waals surface area contributed by atoms with E-state index < -0.39 is 23.5 Å². The van der Waals surface area contributed by atoms with Crippen molar-refractivity contribution in [3.05, 3.63) is 48.1 Å². The molecule has 0 spiro atoms. The van der Waals surface area contributed by atoms with Crippen molar-refractivity contribution in [2.24, 2.45) is 0 Å². The lowest BCUT2D eigenvalue weighted by Gasteiger charge is -2.28. The number of aliphatic hydroxyl groups is 1. The van der Waals surface area contributed by atoms with Gasteiger partial charge in [0, 0.05) is 11.6 Å². The van der Waals surface area contributed by atoms with Crippen molar-refractivity contribution < 1.29 is 23.4 Å². The van der Waals surface area contributed by atoms with Crippen molar-refractivity contribution in [3.8, 4) is 0 Å². The third-order valence-corrected chi connectivity index (χ3v) is 3.24. The van der Waals surface area contributed by atoms with Gasteiger partial charge in [-0.1, -0.05) is 0 Å². The molecule has 0 amide bonds. The lowest BCUT2D eigenvalue weighted by molar-refractivity contribution is -0.193. The Morgan fingerprint density at radius 2 is 2.29 bits per heavy atom. The molecule has 2 heterocycles. The third-order valence-electron chi connectivity index (χ3n) is 3.24. The highest BCUT2D eigenvalue weighted by atomic mass is 19.1. The molecule has 0 radical (unpaired) electrons.